The number of nitrogens with one attached hydrogen (secondary N) is 1. The van der Waals surface area contributed by atoms with E-state index >= 15 is 0 Å². The maximum atomic E-state index is 12.1. The van der Waals surface area contributed by atoms with Gasteiger partial charge in [0.15, 0.2) is 0 Å². The summed E-state index contributed by atoms with van der Waals surface area (Å²) in [6.07, 6.45) is 0. The molecule has 108 valence electrons. The van der Waals surface area contributed by atoms with Crippen molar-refractivity contribution >= 4 is 46.1 Å². The van der Waals surface area contributed by atoms with E-state index in [1.807, 2.05) is 0 Å². The second-order valence-corrected chi connectivity index (χ2v) is 5.91. The Bertz CT molecular complexity index is 703. The Morgan fingerprint density at radius 3 is 2.67 bits per heavy atom. The Morgan fingerprint density at radius 1 is 1.19 bits per heavy atom. The Morgan fingerprint density at radius 2 is 1.95 bits per heavy atom. The summed E-state index contributed by atoms with van der Waals surface area (Å²) in [6.45, 7) is 0.253. The Kier molecular flexibility index (Phi) is 5.19. The lowest BCUT2D eigenvalue weighted by molar-refractivity contribution is 0.0696. The van der Waals surface area contributed by atoms with E-state index in [9.17, 15) is 9.59 Å². The van der Waals surface area contributed by atoms with Crippen LogP contribution >= 0.6 is 34.2 Å². The Hall–Kier alpha value is -1.60. The van der Waals surface area contributed by atoms with E-state index in [0.29, 0.717) is 10.6 Å². The number of carboxylic acids is 1. The van der Waals surface area contributed by atoms with Gasteiger partial charge in [0.2, 0.25) is 0 Å². The average molecular weight is 416 g/mol. The van der Waals surface area contributed by atoms with Gasteiger partial charge in [0.1, 0.15) is 0 Å². The number of amides is 1. The molecule has 2 aromatic rings. The number of aromatic carboxylic acids is 1. The molecule has 6 heteroatoms. The normalized spacial score (nSPS) is 10.2. The highest BCUT2D eigenvalue weighted by Crippen LogP contribution is 2.18. The van der Waals surface area contributed by atoms with Crippen LogP contribution in [-0.2, 0) is 6.54 Å². The summed E-state index contributed by atoms with van der Waals surface area (Å²) in [5, 5.41) is 12.2. The molecule has 0 aliphatic rings. The predicted octanol–water partition coefficient (Wildman–Crippen LogP) is 3.57. The number of benzene rings is 2. The van der Waals surface area contributed by atoms with Crippen molar-refractivity contribution in [1.29, 1.82) is 0 Å². The summed E-state index contributed by atoms with van der Waals surface area (Å²) in [5.74, 6) is -1.24. The first-order chi connectivity index (χ1) is 9.97. The fraction of sp³-hybridized carbons (Fsp3) is 0.0667. The molecule has 0 radical (unpaired) electrons. The van der Waals surface area contributed by atoms with E-state index in [4.69, 9.17) is 16.7 Å². The van der Waals surface area contributed by atoms with Gasteiger partial charge in [-0.15, -0.1) is 0 Å². The molecule has 0 spiro atoms. The zero-order valence-electron chi connectivity index (χ0n) is 10.8. The summed E-state index contributed by atoms with van der Waals surface area (Å²) >= 11 is 7.95. The number of rotatable bonds is 4. The third-order valence-electron chi connectivity index (χ3n) is 2.80. The number of hydrogen-bond acceptors (Lipinski definition) is 2. The van der Waals surface area contributed by atoms with Gasteiger partial charge in [-0.05, 0) is 58.5 Å². The molecule has 4 nitrogen and oxygen atoms in total. The minimum Gasteiger partial charge on any atom is -0.478 e. The molecule has 0 aliphatic carbocycles. The first-order valence-corrected chi connectivity index (χ1v) is 7.48. The van der Waals surface area contributed by atoms with Crippen LogP contribution in [0.15, 0.2) is 42.5 Å². The van der Waals surface area contributed by atoms with Crippen LogP contribution in [0.25, 0.3) is 0 Å². The quantitative estimate of drug-likeness (QED) is 0.750. The van der Waals surface area contributed by atoms with E-state index in [0.717, 1.165) is 9.13 Å². The maximum absolute atomic E-state index is 12.1. The van der Waals surface area contributed by atoms with Gasteiger partial charge in [-0.1, -0.05) is 23.7 Å². The van der Waals surface area contributed by atoms with Gasteiger partial charge in [-0.3, -0.25) is 4.79 Å². The van der Waals surface area contributed by atoms with Crippen LogP contribution in [0.5, 0.6) is 0 Å². The fourth-order valence-corrected chi connectivity index (χ4v) is 2.52. The van der Waals surface area contributed by atoms with Gasteiger partial charge >= 0.3 is 5.97 Å². The van der Waals surface area contributed by atoms with E-state index < -0.39 is 5.97 Å². The molecule has 2 rings (SSSR count). The Labute approximate surface area is 140 Å². The number of carboxylic acid groups (broad SMARTS) is 1. The molecule has 0 heterocycles. The minimum absolute atomic E-state index is 0.194. The van der Waals surface area contributed by atoms with Crippen LogP contribution in [0, 0.1) is 3.57 Å². The first kappa shape index (κ1) is 15.8. The number of carbonyl (C=O) groups excluding carboxylic acids is 1. The van der Waals surface area contributed by atoms with Crippen molar-refractivity contribution in [2.75, 3.05) is 0 Å². The van der Waals surface area contributed by atoms with Crippen molar-refractivity contribution in [3.8, 4) is 0 Å². The molecule has 0 aliphatic heterocycles. The largest absolute Gasteiger partial charge is 0.478 e. The molecule has 0 aromatic heterocycles. The maximum Gasteiger partial charge on any atom is 0.335 e. The molecule has 0 unspecified atom stereocenters. The van der Waals surface area contributed by atoms with Gasteiger partial charge in [0, 0.05) is 15.1 Å². The summed E-state index contributed by atoms with van der Waals surface area (Å²) in [7, 11) is 0. The standard InChI is InChI=1S/C15H11ClINO3/c16-11-4-5-13(17)12(7-11)14(19)18-8-9-2-1-3-10(6-9)15(20)21/h1-7H,8H2,(H,18,19)(H,20,21). The van der Waals surface area contributed by atoms with Crippen LogP contribution in [0.3, 0.4) is 0 Å². The first-order valence-electron chi connectivity index (χ1n) is 6.03. The van der Waals surface area contributed by atoms with Crippen molar-refractivity contribution in [3.63, 3.8) is 0 Å². The van der Waals surface area contributed by atoms with Gasteiger partial charge in [-0.2, -0.15) is 0 Å². The van der Waals surface area contributed by atoms with Crippen molar-refractivity contribution in [2.45, 2.75) is 6.54 Å². The van der Waals surface area contributed by atoms with Crippen molar-refractivity contribution in [3.05, 3.63) is 67.7 Å². The summed E-state index contributed by atoms with van der Waals surface area (Å²) in [5.41, 5.74) is 1.41. The average Bonchev–Trinajstić information content (AvgIpc) is 2.47. The SMILES string of the molecule is O=C(O)c1cccc(CNC(=O)c2cc(Cl)ccc2I)c1. The second-order valence-electron chi connectivity index (χ2n) is 4.31. The number of hydrogen-bond donors (Lipinski definition) is 2. The molecule has 0 saturated carbocycles. The molecule has 1 amide bonds. The third kappa shape index (κ3) is 4.18. The highest BCUT2D eigenvalue weighted by molar-refractivity contribution is 14.1. The van der Waals surface area contributed by atoms with E-state index in [1.165, 1.54) is 12.1 Å². The summed E-state index contributed by atoms with van der Waals surface area (Å²) < 4.78 is 0.800. The third-order valence-corrected chi connectivity index (χ3v) is 3.98. The van der Waals surface area contributed by atoms with Crippen LogP contribution in [0.2, 0.25) is 5.02 Å². The zero-order valence-corrected chi connectivity index (χ0v) is 13.7. The molecular weight excluding hydrogens is 405 g/mol. The van der Waals surface area contributed by atoms with Crippen LogP contribution in [0.4, 0.5) is 0 Å². The lowest BCUT2D eigenvalue weighted by Crippen LogP contribution is -2.23. The Balaban J connectivity index is 2.09. The highest BCUT2D eigenvalue weighted by atomic mass is 127. The van der Waals surface area contributed by atoms with Crippen LogP contribution < -0.4 is 5.32 Å². The molecule has 0 atom stereocenters. The zero-order chi connectivity index (χ0) is 15.4. The topological polar surface area (TPSA) is 66.4 Å². The van der Waals surface area contributed by atoms with Gasteiger partial charge in [0.25, 0.3) is 5.91 Å². The predicted molar refractivity (Wildman–Crippen MR) is 88.7 cm³/mol. The minimum atomic E-state index is -0.993. The van der Waals surface area contributed by atoms with Gasteiger partial charge in [0.05, 0.1) is 11.1 Å². The summed E-state index contributed by atoms with van der Waals surface area (Å²) in [4.78, 5) is 23.0. The molecule has 0 bridgehead atoms. The molecular formula is C15H11ClINO3. The molecule has 2 aromatic carbocycles. The monoisotopic (exact) mass is 415 g/mol. The lowest BCUT2D eigenvalue weighted by atomic mass is 10.1. The summed E-state index contributed by atoms with van der Waals surface area (Å²) in [6, 6.07) is 11.5. The second kappa shape index (κ2) is 6.91. The number of halogens is 2. The lowest BCUT2D eigenvalue weighted by Gasteiger charge is -2.08. The number of carbonyl (C=O) groups is 2. The highest BCUT2D eigenvalue weighted by Gasteiger charge is 2.11. The van der Waals surface area contributed by atoms with Crippen molar-refractivity contribution in [1.82, 2.24) is 5.32 Å². The molecule has 21 heavy (non-hydrogen) atoms. The smallest absolute Gasteiger partial charge is 0.335 e. The van der Waals surface area contributed by atoms with E-state index in [1.54, 1.807) is 30.3 Å². The van der Waals surface area contributed by atoms with Crippen LogP contribution in [0.1, 0.15) is 26.3 Å². The van der Waals surface area contributed by atoms with Crippen molar-refractivity contribution < 1.29 is 14.7 Å². The van der Waals surface area contributed by atoms with Gasteiger partial charge < -0.3 is 10.4 Å². The molecule has 0 fully saturated rings. The molecule has 2 N–H and O–H groups in total. The van der Waals surface area contributed by atoms with Gasteiger partial charge in [-0.25, -0.2) is 4.79 Å². The molecule has 0 saturated heterocycles. The van der Waals surface area contributed by atoms with Crippen molar-refractivity contribution in [2.24, 2.45) is 0 Å². The van der Waals surface area contributed by atoms with E-state index in [2.05, 4.69) is 27.9 Å². The fourth-order valence-electron chi connectivity index (χ4n) is 1.76. The van der Waals surface area contributed by atoms with E-state index in [-0.39, 0.29) is 18.0 Å². The van der Waals surface area contributed by atoms with Crippen LogP contribution in [-0.4, -0.2) is 17.0 Å².